The molecule has 0 spiro atoms. The second-order valence-electron chi connectivity index (χ2n) is 3.91. The fraction of sp³-hybridized carbons (Fsp3) is 0.600. The Hall–Kier alpha value is -1.76. The molecule has 1 atom stereocenters. The van der Waals surface area contributed by atoms with Gasteiger partial charge in [0.05, 0.1) is 19.1 Å². The molecule has 92 valence electrons. The van der Waals surface area contributed by atoms with Gasteiger partial charge in [-0.1, -0.05) is 0 Å². The third-order valence-corrected chi connectivity index (χ3v) is 2.79. The Morgan fingerprint density at radius 2 is 2.29 bits per heavy atom. The van der Waals surface area contributed by atoms with Crippen LogP contribution < -0.4 is 5.32 Å². The lowest BCUT2D eigenvalue weighted by Gasteiger charge is -2.29. The van der Waals surface area contributed by atoms with Gasteiger partial charge in [0.1, 0.15) is 12.2 Å². The highest BCUT2D eigenvalue weighted by molar-refractivity contribution is 6.00. The molecule has 1 aromatic heterocycles. The minimum Gasteiger partial charge on any atom is -0.298 e. The molecule has 1 aliphatic heterocycles. The van der Waals surface area contributed by atoms with Gasteiger partial charge in [-0.15, -0.1) is 0 Å². The first-order valence-corrected chi connectivity index (χ1v) is 5.57. The van der Waals surface area contributed by atoms with Crippen LogP contribution in [-0.4, -0.2) is 44.1 Å². The first kappa shape index (κ1) is 11.7. The van der Waals surface area contributed by atoms with E-state index < -0.39 is 0 Å². The summed E-state index contributed by atoms with van der Waals surface area (Å²) >= 11 is 0. The zero-order valence-electron chi connectivity index (χ0n) is 9.88. The van der Waals surface area contributed by atoms with Crippen molar-refractivity contribution in [3.63, 3.8) is 0 Å². The SMILES string of the molecule is CCn1ncnc1CN1C(=O)CNC(C)C1=O. The Bertz CT molecular complexity index is 442. The molecule has 2 heterocycles. The fourth-order valence-corrected chi connectivity index (χ4v) is 1.76. The Labute approximate surface area is 98.8 Å². The van der Waals surface area contributed by atoms with Crippen LogP contribution in [0.1, 0.15) is 19.7 Å². The average molecular weight is 237 g/mol. The van der Waals surface area contributed by atoms with Crippen LogP contribution in [-0.2, 0) is 22.7 Å². The van der Waals surface area contributed by atoms with Gasteiger partial charge in [0.25, 0.3) is 0 Å². The second kappa shape index (κ2) is 4.62. The van der Waals surface area contributed by atoms with Crippen molar-refractivity contribution in [3.8, 4) is 0 Å². The lowest BCUT2D eigenvalue weighted by Crippen LogP contribution is -2.56. The molecule has 0 saturated carbocycles. The summed E-state index contributed by atoms with van der Waals surface area (Å²) in [6, 6.07) is -0.328. The van der Waals surface area contributed by atoms with Crippen molar-refractivity contribution < 1.29 is 9.59 Å². The number of hydrogen-bond donors (Lipinski definition) is 1. The van der Waals surface area contributed by atoms with E-state index in [1.807, 2.05) is 6.92 Å². The summed E-state index contributed by atoms with van der Waals surface area (Å²) in [6.07, 6.45) is 1.43. The number of aryl methyl sites for hydroxylation is 1. The predicted molar refractivity (Wildman–Crippen MR) is 58.7 cm³/mol. The molecular weight excluding hydrogens is 222 g/mol. The summed E-state index contributed by atoms with van der Waals surface area (Å²) in [4.78, 5) is 28.8. The number of carbonyl (C=O) groups excluding carboxylic acids is 2. The average Bonchev–Trinajstić information content (AvgIpc) is 2.77. The Balaban J connectivity index is 2.16. The third kappa shape index (κ3) is 2.19. The van der Waals surface area contributed by atoms with Crippen LogP contribution in [0.25, 0.3) is 0 Å². The van der Waals surface area contributed by atoms with E-state index in [9.17, 15) is 9.59 Å². The van der Waals surface area contributed by atoms with E-state index >= 15 is 0 Å². The van der Waals surface area contributed by atoms with Crippen LogP contribution in [0.4, 0.5) is 0 Å². The van der Waals surface area contributed by atoms with Crippen LogP contribution in [0.2, 0.25) is 0 Å². The molecule has 1 N–H and O–H groups in total. The Kier molecular flexibility index (Phi) is 3.19. The highest BCUT2D eigenvalue weighted by Gasteiger charge is 2.31. The first-order valence-electron chi connectivity index (χ1n) is 5.57. The van der Waals surface area contributed by atoms with Gasteiger partial charge in [-0.25, -0.2) is 9.67 Å². The number of hydrogen-bond acceptors (Lipinski definition) is 5. The van der Waals surface area contributed by atoms with Crippen LogP contribution in [0.3, 0.4) is 0 Å². The number of rotatable bonds is 3. The summed E-state index contributed by atoms with van der Waals surface area (Å²) in [6.45, 7) is 4.72. The van der Waals surface area contributed by atoms with Gasteiger partial charge in [-0.05, 0) is 13.8 Å². The number of carbonyl (C=O) groups is 2. The summed E-state index contributed by atoms with van der Waals surface area (Å²) in [7, 11) is 0. The van der Waals surface area contributed by atoms with Crippen LogP contribution in [0.5, 0.6) is 0 Å². The van der Waals surface area contributed by atoms with Gasteiger partial charge < -0.3 is 0 Å². The minimum absolute atomic E-state index is 0.188. The van der Waals surface area contributed by atoms with E-state index in [-0.39, 0.29) is 30.9 Å². The van der Waals surface area contributed by atoms with E-state index in [1.165, 1.54) is 11.2 Å². The van der Waals surface area contributed by atoms with Crippen molar-refractivity contribution in [2.45, 2.75) is 33.0 Å². The Morgan fingerprint density at radius 1 is 1.53 bits per heavy atom. The third-order valence-electron chi connectivity index (χ3n) is 2.79. The van der Waals surface area contributed by atoms with E-state index in [0.717, 1.165) is 0 Å². The molecule has 0 bridgehead atoms. The maximum atomic E-state index is 11.8. The predicted octanol–water partition coefficient (Wildman–Crippen LogP) is -0.855. The van der Waals surface area contributed by atoms with Gasteiger partial charge in [0.15, 0.2) is 0 Å². The number of nitrogens with one attached hydrogen (secondary N) is 1. The number of amides is 2. The first-order chi connectivity index (χ1) is 8.13. The van der Waals surface area contributed by atoms with E-state index in [1.54, 1.807) is 11.6 Å². The van der Waals surface area contributed by atoms with Crippen molar-refractivity contribution in [3.05, 3.63) is 12.2 Å². The van der Waals surface area contributed by atoms with E-state index in [4.69, 9.17) is 0 Å². The molecule has 0 aliphatic carbocycles. The van der Waals surface area contributed by atoms with E-state index in [2.05, 4.69) is 15.4 Å². The molecule has 0 radical (unpaired) electrons. The summed E-state index contributed by atoms with van der Waals surface area (Å²) in [5.41, 5.74) is 0. The van der Waals surface area contributed by atoms with Crippen LogP contribution in [0, 0.1) is 0 Å². The van der Waals surface area contributed by atoms with Gasteiger partial charge in [0.2, 0.25) is 11.8 Å². The molecule has 1 saturated heterocycles. The summed E-state index contributed by atoms with van der Waals surface area (Å²) in [5.74, 6) is 0.189. The van der Waals surface area contributed by atoms with Crippen molar-refractivity contribution in [1.82, 2.24) is 25.0 Å². The second-order valence-corrected chi connectivity index (χ2v) is 3.91. The van der Waals surface area contributed by atoms with Gasteiger partial charge >= 0.3 is 0 Å². The zero-order chi connectivity index (χ0) is 12.4. The molecule has 1 aromatic rings. The fourth-order valence-electron chi connectivity index (χ4n) is 1.76. The molecule has 1 fully saturated rings. The maximum Gasteiger partial charge on any atom is 0.246 e. The quantitative estimate of drug-likeness (QED) is 0.692. The molecule has 2 rings (SSSR count). The van der Waals surface area contributed by atoms with Gasteiger partial charge in [-0.3, -0.25) is 19.8 Å². The molecule has 1 aliphatic rings. The number of aromatic nitrogens is 3. The highest BCUT2D eigenvalue weighted by atomic mass is 16.2. The molecule has 17 heavy (non-hydrogen) atoms. The number of imide groups is 1. The van der Waals surface area contributed by atoms with Gasteiger partial charge in [-0.2, -0.15) is 5.10 Å². The standard InChI is InChI=1S/C10H15N5O2/c1-3-15-8(12-6-13-15)5-14-9(16)4-11-7(2)10(14)17/h6-7,11H,3-5H2,1-2H3. The lowest BCUT2D eigenvalue weighted by atomic mass is 10.2. The molecule has 7 nitrogen and oxygen atoms in total. The summed E-state index contributed by atoms with van der Waals surface area (Å²) < 4.78 is 1.67. The highest BCUT2D eigenvalue weighted by Crippen LogP contribution is 2.07. The van der Waals surface area contributed by atoms with Crippen LogP contribution >= 0.6 is 0 Å². The normalized spacial score (nSPS) is 21.1. The molecule has 0 aromatic carbocycles. The molecular formula is C10H15N5O2. The number of nitrogens with zero attached hydrogens (tertiary/aromatic N) is 4. The van der Waals surface area contributed by atoms with Crippen molar-refractivity contribution in [2.75, 3.05) is 6.54 Å². The van der Waals surface area contributed by atoms with Gasteiger partial charge in [0, 0.05) is 6.54 Å². The minimum atomic E-state index is -0.328. The zero-order valence-corrected chi connectivity index (χ0v) is 9.88. The largest absolute Gasteiger partial charge is 0.298 e. The molecule has 1 unspecified atom stereocenters. The number of piperazine rings is 1. The smallest absolute Gasteiger partial charge is 0.246 e. The maximum absolute atomic E-state index is 11.8. The lowest BCUT2D eigenvalue weighted by molar-refractivity contribution is -0.149. The molecule has 7 heteroatoms. The topological polar surface area (TPSA) is 80.1 Å². The summed E-state index contributed by atoms with van der Waals surface area (Å²) in [5, 5.41) is 6.85. The van der Waals surface area contributed by atoms with Crippen LogP contribution in [0.15, 0.2) is 6.33 Å². The Morgan fingerprint density at radius 3 is 3.00 bits per heavy atom. The molecule has 2 amide bonds. The van der Waals surface area contributed by atoms with Crippen molar-refractivity contribution >= 4 is 11.8 Å². The van der Waals surface area contributed by atoms with Crippen molar-refractivity contribution in [1.29, 1.82) is 0 Å². The monoisotopic (exact) mass is 237 g/mol. The van der Waals surface area contributed by atoms with Crippen molar-refractivity contribution in [2.24, 2.45) is 0 Å². The van der Waals surface area contributed by atoms with E-state index in [0.29, 0.717) is 12.4 Å².